The molecule has 0 saturated heterocycles. The number of carbonyl (C=O) groups excluding carboxylic acids is 1. The smallest absolute Gasteiger partial charge is 0.221 e. The van der Waals surface area contributed by atoms with Crippen molar-refractivity contribution in [3.8, 4) is 0 Å². The SMILES string of the molecule is CCC(N)CC(=O)NCCc1ccc(Br)s1. The highest BCUT2D eigenvalue weighted by Crippen LogP contribution is 2.21. The molecule has 0 aliphatic rings. The number of nitrogens with one attached hydrogen (secondary N) is 1. The maximum Gasteiger partial charge on any atom is 0.221 e. The summed E-state index contributed by atoms with van der Waals surface area (Å²) in [6.45, 7) is 2.67. The molecule has 3 N–H and O–H groups in total. The van der Waals surface area contributed by atoms with Crippen molar-refractivity contribution in [1.82, 2.24) is 5.32 Å². The minimum atomic E-state index is -0.0177. The van der Waals surface area contributed by atoms with Crippen LogP contribution in [-0.2, 0) is 11.2 Å². The van der Waals surface area contributed by atoms with E-state index >= 15 is 0 Å². The molecular weight excluding hydrogens is 288 g/mol. The average Bonchev–Trinajstić information content (AvgIpc) is 2.64. The standard InChI is InChI=1S/C11H17BrN2OS/c1-2-8(13)7-11(15)14-6-5-9-3-4-10(12)16-9/h3-4,8H,2,5-7,13H2,1H3,(H,14,15). The number of amides is 1. The van der Waals surface area contributed by atoms with E-state index in [1.54, 1.807) is 11.3 Å². The zero-order valence-corrected chi connectivity index (χ0v) is 11.7. The first-order valence-corrected chi connectivity index (χ1v) is 6.99. The Hall–Kier alpha value is -0.390. The average molecular weight is 305 g/mol. The Morgan fingerprint density at radius 1 is 1.62 bits per heavy atom. The predicted molar refractivity (Wildman–Crippen MR) is 71.6 cm³/mol. The molecule has 1 atom stereocenters. The monoisotopic (exact) mass is 304 g/mol. The summed E-state index contributed by atoms with van der Waals surface area (Å²) in [5, 5.41) is 2.88. The number of hydrogen-bond donors (Lipinski definition) is 2. The Kier molecular flexibility index (Phi) is 6.01. The molecule has 0 radical (unpaired) electrons. The maximum absolute atomic E-state index is 11.4. The molecule has 0 fully saturated rings. The van der Waals surface area contributed by atoms with Gasteiger partial charge in [-0.15, -0.1) is 11.3 Å². The van der Waals surface area contributed by atoms with Crippen molar-refractivity contribution in [2.75, 3.05) is 6.54 Å². The van der Waals surface area contributed by atoms with Gasteiger partial charge in [0, 0.05) is 23.9 Å². The van der Waals surface area contributed by atoms with Gasteiger partial charge in [-0.3, -0.25) is 4.79 Å². The number of nitrogens with two attached hydrogens (primary N) is 1. The third-order valence-corrected chi connectivity index (χ3v) is 3.98. The molecular formula is C11H17BrN2OS. The Morgan fingerprint density at radius 3 is 2.94 bits per heavy atom. The van der Waals surface area contributed by atoms with Crippen molar-refractivity contribution in [2.45, 2.75) is 32.2 Å². The van der Waals surface area contributed by atoms with Crippen molar-refractivity contribution in [3.63, 3.8) is 0 Å². The normalized spacial score (nSPS) is 12.4. The van der Waals surface area contributed by atoms with Gasteiger partial charge >= 0.3 is 0 Å². The third-order valence-electron chi connectivity index (χ3n) is 2.29. The van der Waals surface area contributed by atoms with E-state index in [1.165, 1.54) is 4.88 Å². The fraction of sp³-hybridized carbons (Fsp3) is 0.545. The van der Waals surface area contributed by atoms with Gasteiger partial charge in [-0.25, -0.2) is 0 Å². The van der Waals surface area contributed by atoms with E-state index in [4.69, 9.17) is 5.73 Å². The van der Waals surface area contributed by atoms with Gasteiger partial charge < -0.3 is 11.1 Å². The van der Waals surface area contributed by atoms with Crippen LogP contribution in [0, 0.1) is 0 Å². The molecule has 16 heavy (non-hydrogen) atoms. The van der Waals surface area contributed by atoms with E-state index in [0.717, 1.165) is 16.6 Å². The maximum atomic E-state index is 11.4. The Balaban J connectivity index is 2.18. The van der Waals surface area contributed by atoms with Crippen molar-refractivity contribution >= 4 is 33.2 Å². The zero-order valence-electron chi connectivity index (χ0n) is 9.33. The van der Waals surface area contributed by atoms with Gasteiger partial charge in [0.05, 0.1) is 3.79 Å². The number of rotatable bonds is 6. The zero-order chi connectivity index (χ0) is 12.0. The molecule has 90 valence electrons. The highest BCUT2D eigenvalue weighted by atomic mass is 79.9. The molecule has 0 bridgehead atoms. The van der Waals surface area contributed by atoms with Crippen LogP contribution in [-0.4, -0.2) is 18.5 Å². The first kappa shape index (κ1) is 13.7. The van der Waals surface area contributed by atoms with Gasteiger partial charge in [-0.2, -0.15) is 0 Å². The third kappa shape index (κ3) is 5.09. The van der Waals surface area contributed by atoms with Gasteiger partial charge in [0.2, 0.25) is 5.91 Å². The second-order valence-electron chi connectivity index (χ2n) is 3.68. The van der Waals surface area contributed by atoms with E-state index in [9.17, 15) is 4.79 Å². The van der Waals surface area contributed by atoms with Crippen molar-refractivity contribution in [2.24, 2.45) is 5.73 Å². The van der Waals surface area contributed by atoms with Crippen LogP contribution in [0.4, 0.5) is 0 Å². The molecule has 1 rings (SSSR count). The Morgan fingerprint density at radius 2 is 2.38 bits per heavy atom. The molecule has 0 aromatic carbocycles. The number of thiophene rings is 1. The quantitative estimate of drug-likeness (QED) is 0.847. The van der Waals surface area contributed by atoms with E-state index < -0.39 is 0 Å². The summed E-state index contributed by atoms with van der Waals surface area (Å²) < 4.78 is 1.13. The van der Waals surface area contributed by atoms with E-state index in [1.807, 2.05) is 13.0 Å². The molecule has 1 amide bonds. The summed E-state index contributed by atoms with van der Waals surface area (Å²) in [6.07, 6.45) is 2.14. The summed E-state index contributed by atoms with van der Waals surface area (Å²) in [4.78, 5) is 12.7. The van der Waals surface area contributed by atoms with Crippen LogP contribution >= 0.6 is 27.3 Å². The second-order valence-corrected chi connectivity index (χ2v) is 6.23. The van der Waals surface area contributed by atoms with Crippen molar-refractivity contribution < 1.29 is 4.79 Å². The van der Waals surface area contributed by atoms with Gasteiger partial charge in [0.25, 0.3) is 0 Å². The first-order valence-electron chi connectivity index (χ1n) is 5.38. The molecule has 1 aromatic heterocycles. The Labute approximate surface area is 109 Å². The van der Waals surface area contributed by atoms with Crippen LogP contribution in [0.25, 0.3) is 0 Å². The predicted octanol–water partition coefficient (Wildman–Crippen LogP) is 2.30. The van der Waals surface area contributed by atoms with Gasteiger partial charge in [-0.05, 0) is 40.9 Å². The molecule has 0 aliphatic heterocycles. The number of carbonyl (C=O) groups is 1. The van der Waals surface area contributed by atoms with Gasteiger partial charge in [0.1, 0.15) is 0 Å². The number of halogens is 1. The molecule has 1 aromatic rings. The highest BCUT2D eigenvalue weighted by molar-refractivity contribution is 9.11. The fourth-order valence-electron chi connectivity index (χ4n) is 1.27. The molecule has 0 saturated carbocycles. The van der Waals surface area contributed by atoms with Gasteiger partial charge in [-0.1, -0.05) is 6.92 Å². The van der Waals surface area contributed by atoms with Crippen LogP contribution in [0.15, 0.2) is 15.9 Å². The minimum absolute atomic E-state index is 0.0177. The summed E-state index contributed by atoms with van der Waals surface area (Å²) >= 11 is 5.11. The van der Waals surface area contributed by atoms with Crippen molar-refractivity contribution in [3.05, 3.63) is 20.8 Å². The fourth-order valence-corrected chi connectivity index (χ4v) is 2.75. The van der Waals surface area contributed by atoms with Crippen LogP contribution in [0.3, 0.4) is 0 Å². The first-order chi connectivity index (χ1) is 7.61. The lowest BCUT2D eigenvalue weighted by Gasteiger charge is -2.08. The molecule has 1 unspecified atom stereocenters. The van der Waals surface area contributed by atoms with Gasteiger partial charge in [0.15, 0.2) is 0 Å². The lowest BCUT2D eigenvalue weighted by Crippen LogP contribution is -2.32. The van der Waals surface area contributed by atoms with E-state index in [2.05, 4.69) is 27.3 Å². The largest absolute Gasteiger partial charge is 0.356 e. The summed E-state index contributed by atoms with van der Waals surface area (Å²) in [5.41, 5.74) is 5.70. The van der Waals surface area contributed by atoms with Crippen molar-refractivity contribution in [1.29, 1.82) is 0 Å². The summed E-state index contributed by atoms with van der Waals surface area (Å²) in [6, 6.07) is 4.07. The lowest BCUT2D eigenvalue weighted by molar-refractivity contribution is -0.121. The van der Waals surface area contributed by atoms with Crippen LogP contribution < -0.4 is 11.1 Å². The topological polar surface area (TPSA) is 55.1 Å². The molecule has 1 heterocycles. The summed E-state index contributed by atoms with van der Waals surface area (Å²) in [5.74, 6) is 0.0463. The lowest BCUT2D eigenvalue weighted by atomic mass is 10.1. The second kappa shape index (κ2) is 7.04. The molecule has 3 nitrogen and oxygen atoms in total. The van der Waals surface area contributed by atoms with E-state index in [0.29, 0.717) is 13.0 Å². The highest BCUT2D eigenvalue weighted by Gasteiger charge is 2.06. The van der Waals surface area contributed by atoms with Crippen LogP contribution in [0.5, 0.6) is 0 Å². The number of hydrogen-bond acceptors (Lipinski definition) is 3. The Bertz CT molecular complexity index is 340. The molecule has 0 aliphatic carbocycles. The molecule has 5 heteroatoms. The van der Waals surface area contributed by atoms with Crippen LogP contribution in [0.2, 0.25) is 0 Å². The van der Waals surface area contributed by atoms with E-state index in [-0.39, 0.29) is 11.9 Å². The minimum Gasteiger partial charge on any atom is -0.356 e. The summed E-state index contributed by atoms with van der Waals surface area (Å²) in [7, 11) is 0. The molecule has 0 spiro atoms. The van der Waals surface area contributed by atoms with Crippen LogP contribution in [0.1, 0.15) is 24.6 Å².